The smallest absolute Gasteiger partial charge is 0.119 e. The molecule has 1 heterocycles. The summed E-state index contributed by atoms with van der Waals surface area (Å²) in [4.78, 5) is 0. The lowest BCUT2D eigenvalue weighted by Gasteiger charge is -2.15. The van der Waals surface area contributed by atoms with Crippen molar-refractivity contribution in [2.45, 2.75) is 25.0 Å². The molecule has 128 valence electrons. The molecule has 0 amide bonds. The van der Waals surface area contributed by atoms with Crippen LogP contribution in [0.2, 0.25) is 0 Å². The number of nitrogens with one attached hydrogen (secondary N) is 1. The molecule has 4 heteroatoms. The molecule has 2 N–H and O–H groups in total. The van der Waals surface area contributed by atoms with Crippen LogP contribution in [0.4, 0.5) is 0 Å². The maximum absolute atomic E-state index is 9.99. The monoisotopic (exact) mass is 327 g/mol. The average Bonchev–Trinajstić information content (AvgIpc) is 3.15. The van der Waals surface area contributed by atoms with Crippen LogP contribution in [0, 0.1) is 0 Å². The van der Waals surface area contributed by atoms with Crippen molar-refractivity contribution in [3.63, 3.8) is 0 Å². The Morgan fingerprint density at radius 1 is 1.08 bits per heavy atom. The second kappa shape index (κ2) is 8.83. The normalized spacial score (nSPS) is 18.5. The van der Waals surface area contributed by atoms with E-state index in [1.807, 2.05) is 42.5 Å². The van der Waals surface area contributed by atoms with Gasteiger partial charge >= 0.3 is 0 Å². The number of hydrogen-bond donors (Lipinski definition) is 2. The molecule has 1 aliphatic heterocycles. The fourth-order valence-corrected chi connectivity index (χ4v) is 2.84. The third-order valence-electron chi connectivity index (χ3n) is 4.18. The van der Waals surface area contributed by atoms with Gasteiger partial charge in [0.2, 0.25) is 0 Å². The molecule has 0 aromatic heterocycles. The molecule has 24 heavy (non-hydrogen) atoms. The molecule has 2 atom stereocenters. The van der Waals surface area contributed by atoms with E-state index in [0.29, 0.717) is 12.6 Å². The van der Waals surface area contributed by atoms with Crippen LogP contribution < -0.4 is 10.1 Å². The van der Waals surface area contributed by atoms with Gasteiger partial charge in [-0.3, -0.25) is 0 Å². The maximum atomic E-state index is 9.99. The van der Waals surface area contributed by atoms with Crippen LogP contribution in [0.1, 0.15) is 12.8 Å². The van der Waals surface area contributed by atoms with Gasteiger partial charge in [-0.2, -0.15) is 0 Å². The molecule has 1 saturated heterocycles. The van der Waals surface area contributed by atoms with E-state index < -0.39 is 6.10 Å². The predicted molar refractivity (Wildman–Crippen MR) is 95.2 cm³/mol. The van der Waals surface area contributed by atoms with Crippen molar-refractivity contribution in [3.8, 4) is 16.9 Å². The van der Waals surface area contributed by atoms with Gasteiger partial charge in [-0.05, 0) is 36.1 Å². The Kier molecular flexibility index (Phi) is 6.24. The van der Waals surface area contributed by atoms with Gasteiger partial charge in [-0.1, -0.05) is 42.5 Å². The van der Waals surface area contributed by atoms with E-state index in [9.17, 15) is 5.11 Å². The summed E-state index contributed by atoms with van der Waals surface area (Å²) in [6, 6.07) is 18.2. The summed E-state index contributed by atoms with van der Waals surface area (Å²) in [5.41, 5.74) is 2.34. The molecule has 2 aromatic carbocycles. The Balaban J connectivity index is 1.39. The molecule has 0 radical (unpaired) electrons. The minimum absolute atomic E-state index is 0.281. The first kappa shape index (κ1) is 17.0. The van der Waals surface area contributed by atoms with Gasteiger partial charge in [-0.15, -0.1) is 0 Å². The molecular weight excluding hydrogens is 302 g/mol. The van der Waals surface area contributed by atoms with Crippen LogP contribution >= 0.6 is 0 Å². The number of aliphatic hydroxyl groups excluding tert-OH is 1. The van der Waals surface area contributed by atoms with E-state index >= 15 is 0 Å². The summed E-state index contributed by atoms with van der Waals surface area (Å²) >= 11 is 0. The Labute approximate surface area is 143 Å². The van der Waals surface area contributed by atoms with Crippen LogP contribution in [0.5, 0.6) is 5.75 Å². The molecule has 0 unspecified atom stereocenters. The molecule has 0 saturated carbocycles. The Morgan fingerprint density at radius 2 is 1.83 bits per heavy atom. The van der Waals surface area contributed by atoms with Crippen molar-refractivity contribution in [3.05, 3.63) is 54.6 Å². The minimum atomic E-state index is -0.528. The summed E-state index contributed by atoms with van der Waals surface area (Å²) in [7, 11) is 0. The van der Waals surface area contributed by atoms with Gasteiger partial charge in [0.15, 0.2) is 0 Å². The zero-order valence-electron chi connectivity index (χ0n) is 13.9. The Morgan fingerprint density at radius 3 is 2.54 bits per heavy atom. The van der Waals surface area contributed by atoms with Crippen molar-refractivity contribution < 1.29 is 14.6 Å². The van der Waals surface area contributed by atoms with E-state index in [-0.39, 0.29) is 6.61 Å². The van der Waals surface area contributed by atoms with E-state index in [0.717, 1.165) is 37.3 Å². The van der Waals surface area contributed by atoms with E-state index in [1.54, 1.807) is 0 Å². The third kappa shape index (κ3) is 5.06. The average molecular weight is 327 g/mol. The quantitative estimate of drug-likeness (QED) is 0.783. The van der Waals surface area contributed by atoms with Gasteiger partial charge in [0.05, 0.1) is 6.10 Å². The van der Waals surface area contributed by atoms with Crippen LogP contribution in [0.3, 0.4) is 0 Å². The summed E-state index contributed by atoms with van der Waals surface area (Å²) in [5, 5.41) is 13.2. The highest BCUT2D eigenvalue weighted by Crippen LogP contribution is 2.22. The zero-order chi connectivity index (χ0) is 16.6. The lowest BCUT2D eigenvalue weighted by Crippen LogP contribution is -2.35. The molecule has 3 rings (SSSR count). The standard InChI is InChI=1S/C20H25NO3/c22-18(13-21-14-20-7-4-12-23-20)15-24-19-10-8-17(9-11-19)16-5-2-1-3-6-16/h1-3,5-6,8-11,18,20-22H,4,7,12-15H2/t18-,20-/m1/s1. The molecule has 4 nitrogen and oxygen atoms in total. The fraction of sp³-hybridized carbons (Fsp3) is 0.400. The van der Waals surface area contributed by atoms with Gasteiger partial charge in [0.25, 0.3) is 0 Å². The van der Waals surface area contributed by atoms with Gasteiger partial charge in [0, 0.05) is 19.7 Å². The number of ether oxygens (including phenoxy) is 2. The second-order valence-corrected chi connectivity index (χ2v) is 6.15. The van der Waals surface area contributed by atoms with Gasteiger partial charge in [-0.25, -0.2) is 0 Å². The fourth-order valence-electron chi connectivity index (χ4n) is 2.84. The Bertz CT molecular complexity index is 594. The first-order valence-electron chi connectivity index (χ1n) is 8.60. The van der Waals surface area contributed by atoms with E-state index in [2.05, 4.69) is 17.4 Å². The molecule has 2 aromatic rings. The van der Waals surface area contributed by atoms with Crippen LogP contribution in [-0.4, -0.2) is 43.6 Å². The minimum Gasteiger partial charge on any atom is -0.491 e. The van der Waals surface area contributed by atoms with E-state index in [4.69, 9.17) is 9.47 Å². The summed E-state index contributed by atoms with van der Waals surface area (Å²) < 4.78 is 11.2. The molecule has 0 spiro atoms. The number of aliphatic hydroxyl groups is 1. The second-order valence-electron chi connectivity index (χ2n) is 6.15. The van der Waals surface area contributed by atoms with Crippen molar-refractivity contribution >= 4 is 0 Å². The first-order valence-corrected chi connectivity index (χ1v) is 8.60. The largest absolute Gasteiger partial charge is 0.491 e. The lowest BCUT2D eigenvalue weighted by atomic mass is 10.1. The van der Waals surface area contributed by atoms with Crippen LogP contribution in [0.25, 0.3) is 11.1 Å². The van der Waals surface area contributed by atoms with Gasteiger partial charge in [0.1, 0.15) is 18.5 Å². The number of rotatable bonds is 8. The predicted octanol–water partition coefficient (Wildman–Crippen LogP) is 2.86. The zero-order valence-corrected chi connectivity index (χ0v) is 13.9. The summed E-state index contributed by atoms with van der Waals surface area (Å²) in [5.74, 6) is 0.771. The third-order valence-corrected chi connectivity index (χ3v) is 4.18. The van der Waals surface area contributed by atoms with Crippen LogP contribution in [-0.2, 0) is 4.74 Å². The molecule has 1 aliphatic rings. The summed E-state index contributed by atoms with van der Waals surface area (Å²) in [6.45, 7) is 2.45. The number of benzene rings is 2. The highest BCUT2D eigenvalue weighted by atomic mass is 16.5. The van der Waals surface area contributed by atoms with Crippen molar-refractivity contribution in [2.75, 3.05) is 26.3 Å². The molecule has 0 bridgehead atoms. The van der Waals surface area contributed by atoms with E-state index in [1.165, 1.54) is 5.56 Å². The maximum Gasteiger partial charge on any atom is 0.119 e. The summed E-state index contributed by atoms with van der Waals surface area (Å²) in [6.07, 6.45) is 2.01. The van der Waals surface area contributed by atoms with Crippen molar-refractivity contribution in [1.29, 1.82) is 0 Å². The molecule has 0 aliphatic carbocycles. The first-order chi connectivity index (χ1) is 11.8. The molecular formula is C20H25NO3. The topological polar surface area (TPSA) is 50.7 Å². The highest BCUT2D eigenvalue weighted by Gasteiger charge is 2.15. The van der Waals surface area contributed by atoms with Crippen LogP contribution in [0.15, 0.2) is 54.6 Å². The number of hydrogen-bond acceptors (Lipinski definition) is 4. The Hall–Kier alpha value is -1.88. The molecule has 1 fully saturated rings. The van der Waals surface area contributed by atoms with Gasteiger partial charge < -0.3 is 19.9 Å². The SMILES string of the molecule is O[C@H](CNC[C@H]1CCCO1)COc1ccc(-c2ccccc2)cc1. The van der Waals surface area contributed by atoms with Crippen molar-refractivity contribution in [1.82, 2.24) is 5.32 Å². The highest BCUT2D eigenvalue weighted by molar-refractivity contribution is 5.63. The lowest BCUT2D eigenvalue weighted by molar-refractivity contribution is 0.0882. The van der Waals surface area contributed by atoms with Crippen molar-refractivity contribution in [2.24, 2.45) is 0 Å².